The lowest BCUT2D eigenvalue weighted by Gasteiger charge is -2.34. The Morgan fingerprint density at radius 2 is 1.52 bits per heavy atom. The molecule has 0 fully saturated rings. The molecule has 0 aromatic heterocycles. The fraction of sp³-hybridized carbons (Fsp3) is 0.444. The maximum atomic E-state index is 11.6. The largest absolute Gasteiger partial charge is 0.380 e. The highest BCUT2D eigenvalue weighted by Gasteiger charge is 2.26. The summed E-state index contributed by atoms with van der Waals surface area (Å²) >= 11 is 0. The number of hydrogen-bond acceptors (Lipinski definition) is 3. The summed E-state index contributed by atoms with van der Waals surface area (Å²) in [7, 11) is -4.25. The van der Waals surface area contributed by atoms with E-state index in [0.29, 0.717) is 5.39 Å². The third-order valence-corrected chi connectivity index (χ3v) is 4.52. The monoisotopic (exact) mass is 335 g/mol. The van der Waals surface area contributed by atoms with Gasteiger partial charge in [0.2, 0.25) is 0 Å². The lowest BCUT2D eigenvalue weighted by Crippen LogP contribution is -2.35. The van der Waals surface area contributed by atoms with Gasteiger partial charge in [0.05, 0.1) is 0 Å². The van der Waals surface area contributed by atoms with Gasteiger partial charge in [0.25, 0.3) is 10.1 Å². The molecular formula is C18H25NO3S. The van der Waals surface area contributed by atoms with Crippen LogP contribution in [-0.4, -0.2) is 18.5 Å². The van der Waals surface area contributed by atoms with E-state index in [9.17, 15) is 13.0 Å². The van der Waals surface area contributed by atoms with Crippen LogP contribution in [0.2, 0.25) is 0 Å². The smallest absolute Gasteiger partial charge is 0.295 e. The zero-order valence-electron chi connectivity index (χ0n) is 14.3. The molecule has 0 aliphatic rings. The lowest BCUT2D eigenvalue weighted by molar-refractivity contribution is 0.302. The van der Waals surface area contributed by atoms with E-state index >= 15 is 0 Å². The Morgan fingerprint density at radius 1 is 0.957 bits per heavy atom. The standard InChI is InChI=1S/C18H25NO3S/c1-17(2,3)12-18(4,5)19-15-10-11-16(23(20,21)22)14-9-7-6-8-13(14)15/h6-11,19H,12H2,1-5H3,(H,20,21,22). The summed E-state index contributed by atoms with van der Waals surface area (Å²) in [4.78, 5) is -0.0627. The lowest BCUT2D eigenvalue weighted by atomic mass is 9.81. The number of benzene rings is 2. The van der Waals surface area contributed by atoms with Crippen LogP contribution in [0.4, 0.5) is 5.69 Å². The van der Waals surface area contributed by atoms with Gasteiger partial charge < -0.3 is 5.32 Å². The van der Waals surface area contributed by atoms with Gasteiger partial charge in [-0.05, 0) is 37.8 Å². The molecule has 0 spiro atoms. The van der Waals surface area contributed by atoms with Crippen molar-refractivity contribution in [3.05, 3.63) is 36.4 Å². The van der Waals surface area contributed by atoms with Crippen LogP contribution in [0.15, 0.2) is 41.3 Å². The molecule has 0 aliphatic heterocycles. The number of anilines is 1. The molecule has 0 saturated heterocycles. The number of nitrogens with one attached hydrogen (secondary N) is 1. The SMILES string of the molecule is CC(C)(C)CC(C)(C)Nc1ccc(S(=O)(=O)O)c2ccccc12. The second-order valence-corrected chi connectivity index (χ2v) is 9.27. The van der Waals surface area contributed by atoms with Crippen LogP contribution in [-0.2, 0) is 10.1 Å². The van der Waals surface area contributed by atoms with Gasteiger partial charge in [-0.25, -0.2) is 0 Å². The highest BCUT2D eigenvalue weighted by Crippen LogP contribution is 2.34. The first-order valence-electron chi connectivity index (χ1n) is 7.67. The molecule has 2 rings (SSSR count). The van der Waals surface area contributed by atoms with E-state index in [4.69, 9.17) is 0 Å². The molecule has 0 aliphatic carbocycles. The molecule has 0 radical (unpaired) electrons. The second kappa shape index (κ2) is 5.80. The van der Waals surface area contributed by atoms with E-state index in [1.807, 2.05) is 12.1 Å². The van der Waals surface area contributed by atoms with Crippen LogP contribution in [0.25, 0.3) is 10.8 Å². The van der Waals surface area contributed by atoms with E-state index in [-0.39, 0.29) is 15.8 Å². The normalized spacial score (nSPS) is 13.3. The maximum Gasteiger partial charge on any atom is 0.295 e. The summed E-state index contributed by atoms with van der Waals surface area (Å²) < 4.78 is 32.5. The topological polar surface area (TPSA) is 66.4 Å². The van der Waals surface area contributed by atoms with E-state index in [2.05, 4.69) is 39.9 Å². The molecule has 0 heterocycles. The van der Waals surface area contributed by atoms with Crippen LogP contribution in [0.1, 0.15) is 41.0 Å². The average molecular weight is 335 g/mol. The highest BCUT2D eigenvalue weighted by molar-refractivity contribution is 7.86. The number of fused-ring (bicyclic) bond motifs is 1. The van der Waals surface area contributed by atoms with Crippen molar-refractivity contribution < 1.29 is 13.0 Å². The summed E-state index contributed by atoms with van der Waals surface area (Å²) in [5, 5.41) is 4.82. The zero-order valence-corrected chi connectivity index (χ0v) is 15.2. The molecule has 4 nitrogen and oxygen atoms in total. The maximum absolute atomic E-state index is 11.6. The third-order valence-electron chi connectivity index (χ3n) is 3.61. The van der Waals surface area contributed by atoms with E-state index in [1.165, 1.54) is 6.07 Å². The zero-order chi connectivity index (χ0) is 17.5. The van der Waals surface area contributed by atoms with Gasteiger partial charge in [-0.2, -0.15) is 8.42 Å². The minimum Gasteiger partial charge on any atom is -0.380 e. The Kier molecular flexibility index (Phi) is 4.48. The predicted octanol–water partition coefficient (Wildman–Crippen LogP) is 4.71. The van der Waals surface area contributed by atoms with E-state index < -0.39 is 10.1 Å². The fourth-order valence-electron chi connectivity index (χ4n) is 3.34. The predicted molar refractivity (Wildman–Crippen MR) is 95.5 cm³/mol. The van der Waals surface area contributed by atoms with Crippen molar-refractivity contribution in [2.75, 3.05) is 5.32 Å². The Labute approximate surface area is 138 Å². The molecule has 5 heteroatoms. The van der Waals surface area contributed by atoms with Crippen LogP contribution >= 0.6 is 0 Å². The Balaban J connectivity index is 2.52. The van der Waals surface area contributed by atoms with Gasteiger partial charge in [-0.3, -0.25) is 4.55 Å². The summed E-state index contributed by atoms with van der Waals surface area (Å²) in [6.07, 6.45) is 0.953. The summed E-state index contributed by atoms with van der Waals surface area (Å²) in [5.74, 6) is 0. The van der Waals surface area contributed by atoms with Crippen molar-refractivity contribution in [3.63, 3.8) is 0 Å². The molecular weight excluding hydrogens is 310 g/mol. The van der Waals surface area contributed by atoms with Gasteiger partial charge in [0.15, 0.2) is 0 Å². The van der Waals surface area contributed by atoms with Crippen LogP contribution in [0.5, 0.6) is 0 Å². The van der Waals surface area contributed by atoms with Crippen molar-refractivity contribution in [2.45, 2.75) is 51.5 Å². The molecule has 23 heavy (non-hydrogen) atoms. The Hall–Kier alpha value is -1.59. The summed E-state index contributed by atoms with van der Waals surface area (Å²) in [6.45, 7) is 10.8. The molecule has 0 saturated carbocycles. The molecule has 2 aromatic rings. The van der Waals surface area contributed by atoms with E-state index in [0.717, 1.165) is 17.5 Å². The summed E-state index contributed by atoms with van der Waals surface area (Å²) in [6, 6.07) is 10.4. The fourth-order valence-corrected chi connectivity index (χ4v) is 4.04. The minimum atomic E-state index is -4.25. The third kappa shape index (κ3) is 4.45. The average Bonchev–Trinajstić information content (AvgIpc) is 2.34. The summed E-state index contributed by atoms with van der Waals surface area (Å²) in [5.41, 5.74) is 0.878. The first-order chi connectivity index (χ1) is 10.4. The minimum absolute atomic E-state index is 0.0627. The molecule has 0 atom stereocenters. The van der Waals surface area contributed by atoms with Gasteiger partial charge >= 0.3 is 0 Å². The molecule has 2 N–H and O–H groups in total. The number of hydrogen-bond donors (Lipinski definition) is 2. The van der Waals surface area contributed by atoms with Gasteiger partial charge in [0.1, 0.15) is 4.90 Å². The van der Waals surface area contributed by atoms with Crippen molar-refractivity contribution in [1.82, 2.24) is 0 Å². The van der Waals surface area contributed by atoms with Crippen LogP contribution in [0, 0.1) is 5.41 Å². The van der Waals surface area contributed by atoms with E-state index in [1.54, 1.807) is 18.2 Å². The molecule has 0 bridgehead atoms. The van der Waals surface area contributed by atoms with Crippen molar-refractivity contribution in [2.24, 2.45) is 5.41 Å². The molecule has 0 unspecified atom stereocenters. The molecule has 0 amide bonds. The first-order valence-corrected chi connectivity index (χ1v) is 9.11. The van der Waals surface area contributed by atoms with Crippen molar-refractivity contribution in [3.8, 4) is 0 Å². The Morgan fingerprint density at radius 3 is 2.04 bits per heavy atom. The number of rotatable bonds is 4. The quantitative estimate of drug-likeness (QED) is 0.794. The highest BCUT2D eigenvalue weighted by atomic mass is 32.2. The van der Waals surface area contributed by atoms with Crippen LogP contribution in [0.3, 0.4) is 0 Å². The Bertz CT molecular complexity index is 818. The van der Waals surface area contributed by atoms with Crippen molar-refractivity contribution in [1.29, 1.82) is 0 Å². The van der Waals surface area contributed by atoms with Crippen molar-refractivity contribution >= 4 is 26.6 Å². The molecule has 126 valence electrons. The van der Waals surface area contributed by atoms with Gasteiger partial charge in [0, 0.05) is 22.0 Å². The second-order valence-electron chi connectivity index (χ2n) is 7.88. The van der Waals surface area contributed by atoms with Gasteiger partial charge in [-0.1, -0.05) is 45.0 Å². The van der Waals surface area contributed by atoms with Gasteiger partial charge in [-0.15, -0.1) is 0 Å². The first kappa shape index (κ1) is 17.8. The van der Waals surface area contributed by atoms with Crippen LogP contribution < -0.4 is 5.32 Å². The molecule has 2 aromatic carbocycles.